The van der Waals surface area contributed by atoms with Crippen molar-refractivity contribution >= 4 is 0 Å². The smallest absolute Gasteiger partial charge is 0.231 e. The Morgan fingerprint density at radius 1 is 1.29 bits per heavy atom. The molecule has 1 aliphatic heterocycles. The topological polar surface area (TPSA) is 39.7 Å². The van der Waals surface area contributed by atoms with Gasteiger partial charge in [-0.2, -0.15) is 0 Å². The van der Waals surface area contributed by atoms with E-state index >= 15 is 0 Å². The first-order chi connectivity index (χ1) is 10.2. The zero-order valence-corrected chi connectivity index (χ0v) is 13.1. The minimum Gasteiger partial charge on any atom is -0.493 e. The number of ether oxygens (including phenoxy) is 3. The first-order valence-corrected chi connectivity index (χ1v) is 7.92. The van der Waals surface area contributed by atoms with Gasteiger partial charge < -0.3 is 19.5 Å². The zero-order chi connectivity index (χ0) is 14.8. The fourth-order valence-electron chi connectivity index (χ4n) is 3.65. The highest BCUT2D eigenvalue weighted by Crippen LogP contribution is 2.42. The highest BCUT2D eigenvalue weighted by molar-refractivity contribution is 5.55. The van der Waals surface area contributed by atoms with Gasteiger partial charge in [0.25, 0.3) is 0 Å². The van der Waals surface area contributed by atoms with Crippen LogP contribution in [0, 0.1) is 11.8 Å². The summed E-state index contributed by atoms with van der Waals surface area (Å²) >= 11 is 0. The highest BCUT2D eigenvalue weighted by atomic mass is 16.7. The lowest BCUT2D eigenvalue weighted by Gasteiger charge is -2.21. The number of hydrogen-bond acceptors (Lipinski definition) is 4. The summed E-state index contributed by atoms with van der Waals surface area (Å²) in [6.07, 6.45) is 3.92. The van der Waals surface area contributed by atoms with Crippen molar-refractivity contribution in [2.45, 2.75) is 45.7 Å². The zero-order valence-electron chi connectivity index (χ0n) is 13.1. The van der Waals surface area contributed by atoms with Crippen molar-refractivity contribution in [1.82, 2.24) is 5.32 Å². The van der Waals surface area contributed by atoms with Gasteiger partial charge in [0.05, 0.1) is 7.11 Å². The van der Waals surface area contributed by atoms with Gasteiger partial charge in [0.15, 0.2) is 11.5 Å². The largest absolute Gasteiger partial charge is 0.493 e. The molecule has 4 heteroatoms. The minimum atomic E-state index is 0.278. The van der Waals surface area contributed by atoms with Crippen LogP contribution in [0.15, 0.2) is 12.1 Å². The average Bonchev–Trinajstić information content (AvgIpc) is 3.10. The molecule has 0 radical (unpaired) electrons. The first-order valence-electron chi connectivity index (χ1n) is 7.92. The molecule has 1 saturated carbocycles. The lowest BCUT2D eigenvalue weighted by Crippen LogP contribution is -2.32. The van der Waals surface area contributed by atoms with Crippen LogP contribution in [-0.2, 0) is 6.54 Å². The van der Waals surface area contributed by atoms with Crippen molar-refractivity contribution < 1.29 is 14.2 Å². The second-order valence-electron chi connectivity index (χ2n) is 6.12. The van der Waals surface area contributed by atoms with Crippen molar-refractivity contribution in [2.75, 3.05) is 13.9 Å². The lowest BCUT2D eigenvalue weighted by molar-refractivity contribution is 0.171. The molecule has 0 bridgehead atoms. The molecule has 0 amide bonds. The molecule has 116 valence electrons. The van der Waals surface area contributed by atoms with Crippen LogP contribution in [0.5, 0.6) is 17.2 Å². The Balaban J connectivity index is 1.66. The summed E-state index contributed by atoms with van der Waals surface area (Å²) in [6.45, 7) is 5.80. The van der Waals surface area contributed by atoms with Crippen molar-refractivity contribution in [3.63, 3.8) is 0 Å². The third-order valence-corrected chi connectivity index (χ3v) is 5.04. The van der Waals surface area contributed by atoms with Gasteiger partial charge in [-0.05, 0) is 42.4 Å². The molecule has 1 aromatic carbocycles. The monoisotopic (exact) mass is 291 g/mol. The van der Waals surface area contributed by atoms with E-state index in [1.54, 1.807) is 7.11 Å². The van der Waals surface area contributed by atoms with E-state index in [9.17, 15) is 0 Å². The highest BCUT2D eigenvalue weighted by Gasteiger charge is 2.31. The molecule has 3 unspecified atom stereocenters. The van der Waals surface area contributed by atoms with E-state index in [0.29, 0.717) is 6.04 Å². The van der Waals surface area contributed by atoms with Gasteiger partial charge in [-0.1, -0.05) is 20.3 Å². The Morgan fingerprint density at radius 3 is 2.86 bits per heavy atom. The Kier molecular flexibility index (Phi) is 4.24. The molecule has 0 saturated heterocycles. The van der Waals surface area contributed by atoms with Gasteiger partial charge in [0, 0.05) is 12.6 Å². The third kappa shape index (κ3) is 2.82. The molecule has 3 rings (SSSR count). The number of benzene rings is 1. The van der Waals surface area contributed by atoms with Gasteiger partial charge in [-0.15, -0.1) is 0 Å². The van der Waals surface area contributed by atoms with Gasteiger partial charge in [-0.3, -0.25) is 0 Å². The Hall–Kier alpha value is -1.42. The molecular weight excluding hydrogens is 266 g/mol. The van der Waals surface area contributed by atoms with E-state index in [0.717, 1.165) is 35.6 Å². The van der Waals surface area contributed by atoms with Gasteiger partial charge in [-0.25, -0.2) is 0 Å². The number of fused-ring (bicyclic) bond motifs is 1. The summed E-state index contributed by atoms with van der Waals surface area (Å²) < 4.78 is 16.3. The minimum absolute atomic E-state index is 0.278. The summed E-state index contributed by atoms with van der Waals surface area (Å²) in [5.41, 5.74) is 1.18. The first kappa shape index (κ1) is 14.5. The maximum atomic E-state index is 5.48. The maximum Gasteiger partial charge on any atom is 0.231 e. The van der Waals surface area contributed by atoms with Crippen LogP contribution in [0.4, 0.5) is 0 Å². The van der Waals surface area contributed by atoms with E-state index in [1.165, 1.54) is 24.8 Å². The summed E-state index contributed by atoms with van der Waals surface area (Å²) in [4.78, 5) is 0. The summed E-state index contributed by atoms with van der Waals surface area (Å²) in [5, 5.41) is 3.70. The quantitative estimate of drug-likeness (QED) is 0.903. The average molecular weight is 291 g/mol. The molecule has 1 heterocycles. The number of hydrogen-bond donors (Lipinski definition) is 1. The van der Waals surface area contributed by atoms with Crippen LogP contribution in [0.1, 0.15) is 38.7 Å². The number of methoxy groups -OCH3 is 1. The Bertz CT molecular complexity index is 503. The Labute approximate surface area is 126 Å². The van der Waals surface area contributed by atoms with Crippen LogP contribution in [-0.4, -0.2) is 19.9 Å². The molecular formula is C17H25NO3. The predicted molar refractivity (Wildman–Crippen MR) is 81.9 cm³/mol. The van der Waals surface area contributed by atoms with E-state index in [4.69, 9.17) is 14.2 Å². The molecule has 0 aromatic heterocycles. The van der Waals surface area contributed by atoms with Crippen molar-refractivity contribution in [1.29, 1.82) is 0 Å². The van der Waals surface area contributed by atoms with Crippen molar-refractivity contribution in [3.8, 4) is 17.2 Å². The summed E-state index contributed by atoms with van der Waals surface area (Å²) in [5.74, 6) is 3.89. The Morgan fingerprint density at radius 2 is 2.14 bits per heavy atom. The van der Waals surface area contributed by atoms with Crippen LogP contribution in [0.3, 0.4) is 0 Å². The molecule has 2 aliphatic rings. The van der Waals surface area contributed by atoms with Crippen LogP contribution in [0.2, 0.25) is 0 Å². The molecule has 1 aromatic rings. The molecule has 1 fully saturated rings. The summed E-state index contributed by atoms with van der Waals surface area (Å²) in [6, 6.07) is 4.71. The maximum absolute atomic E-state index is 5.48. The van der Waals surface area contributed by atoms with Crippen LogP contribution < -0.4 is 19.5 Å². The molecule has 1 N–H and O–H groups in total. The van der Waals surface area contributed by atoms with E-state index in [-0.39, 0.29) is 6.79 Å². The summed E-state index contributed by atoms with van der Waals surface area (Å²) in [7, 11) is 1.67. The SMILES string of the molecule is CCC1CCC(NCc2cc(OC)c3c(c2)OCO3)C1C. The van der Waals surface area contributed by atoms with Gasteiger partial charge in [0.1, 0.15) is 0 Å². The lowest BCUT2D eigenvalue weighted by atomic mass is 9.93. The van der Waals surface area contributed by atoms with E-state index < -0.39 is 0 Å². The predicted octanol–water partition coefficient (Wildman–Crippen LogP) is 3.34. The fraction of sp³-hybridized carbons (Fsp3) is 0.647. The van der Waals surface area contributed by atoms with Gasteiger partial charge >= 0.3 is 0 Å². The van der Waals surface area contributed by atoms with Crippen LogP contribution >= 0.6 is 0 Å². The standard InChI is InChI=1S/C17H25NO3/c1-4-13-5-6-14(11(13)2)18-9-12-7-15(19-3)17-16(8-12)20-10-21-17/h7-8,11,13-14,18H,4-6,9-10H2,1-3H3. The van der Waals surface area contributed by atoms with Crippen molar-refractivity contribution in [2.24, 2.45) is 11.8 Å². The van der Waals surface area contributed by atoms with Gasteiger partial charge in [0.2, 0.25) is 12.5 Å². The second kappa shape index (κ2) is 6.14. The number of nitrogens with one attached hydrogen (secondary N) is 1. The molecule has 0 spiro atoms. The number of rotatable bonds is 5. The molecule has 4 nitrogen and oxygen atoms in total. The van der Waals surface area contributed by atoms with E-state index in [2.05, 4.69) is 25.2 Å². The third-order valence-electron chi connectivity index (χ3n) is 5.04. The van der Waals surface area contributed by atoms with Crippen molar-refractivity contribution in [3.05, 3.63) is 17.7 Å². The second-order valence-corrected chi connectivity index (χ2v) is 6.12. The fourth-order valence-corrected chi connectivity index (χ4v) is 3.65. The molecule has 3 atom stereocenters. The van der Waals surface area contributed by atoms with Crippen LogP contribution in [0.25, 0.3) is 0 Å². The molecule has 1 aliphatic carbocycles. The molecule has 21 heavy (non-hydrogen) atoms. The normalized spacial score (nSPS) is 27.1. The van der Waals surface area contributed by atoms with E-state index in [1.807, 2.05) is 6.07 Å².